The summed E-state index contributed by atoms with van der Waals surface area (Å²) in [6, 6.07) is 0.163. The summed E-state index contributed by atoms with van der Waals surface area (Å²) >= 11 is 1.70. The maximum absolute atomic E-state index is 12.4. The number of carbonyl (C=O) groups excluding carboxylic acids is 1. The van der Waals surface area contributed by atoms with Gasteiger partial charge in [-0.15, -0.1) is 0 Å². The van der Waals surface area contributed by atoms with Crippen LogP contribution in [-0.4, -0.2) is 65.3 Å². The minimum absolute atomic E-state index is 0.00697. The van der Waals surface area contributed by atoms with Gasteiger partial charge in [0.05, 0.1) is 0 Å². The van der Waals surface area contributed by atoms with Crippen LogP contribution in [0.25, 0.3) is 0 Å². The topological polar surface area (TPSA) is 120 Å². The lowest BCUT2D eigenvalue weighted by Crippen LogP contribution is -2.38. The van der Waals surface area contributed by atoms with Gasteiger partial charge in [0.25, 0.3) is 5.91 Å². The van der Waals surface area contributed by atoms with Crippen molar-refractivity contribution >= 4 is 33.7 Å². The van der Waals surface area contributed by atoms with E-state index in [0.717, 1.165) is 11.5 Å². The van der Waals surface area contributed by atoms with E-state index in [4.69, 9.17) is 5.11 Å². The molecule has 1 atom stereocenters. The molecule has 0 aliphatic carbocycles. The first kappa shape index (κ1) is 16.8. The predicted octanol–water partition coefficient (Wildman–Crippen LogP) is -0.0449. The predicted molar refractivity (Wildman–Crippen MR) is 81.4 cm³/mol. The third kappa shape index (κ3) is 3.62. The molecule has 0 radical (unpaired) electrons. The van der Waals surface area contributed by atoms with Crippen LogP contribution in [0, 0.1) is 0 Å². The molecule has 10 heteroatoms. The van der Waals surface area contributed by atoms with E-state index in [9.17, 15) is 18.0 Å². The normalized spacial score (nSPS) is 17.9. The molecule has 1 aliphatic rings. The first-order valence-electron chi connectivity index (χ1n) is 6.62. The highest BCUT2D eigenvalue weighted by atomic mass is 32.2. The summed E-state index contributed by atoms with van der Waals surface area (Å²) in [5, 5.41) is 11.0. The molecule has 22 heavy (non-hydrogen) atoms. The van der Waals surface area contributed by atoms with E-state index in [1.54, 1.807) is 11.8 Å². The number of H-pyrrole nitrogens is 1. The van der Waals surface area contributed by atoms with Gasteiger partial charge in [0.2, 0.25) is 10.0 Å². The molecule has 2 rings (SSSR count). The molecule has 1 amide bonds. The Labute approximate surface area is 132 Å². The first-order chi connectivity index (χ1) is 10.3. The molecular formula is C12H17N3O5S2. The van der Waals surface area contributed by atoms with Crippen LogP contribution in [0.5, 0.6) is 0 Å². The molecule has 1 saturated heterocycles. The van der Waals surface area contributed by atoms with Gasteiger partial charge in [0.15, 0.2) is 0 Å². The van der Waals surface area contributed by atoms with Crippen LogP contribution in [-0.2, 0) is 14.8 Å². The van der Waals surface area contributed by atoms with Crippen LogP contribution in [0.1, 0.15) is 17.4 Å². The van der Waals surface area contributed by atoms with Gasteiger partial charge in [-0.25, -0.2) is 8.42 Å². The Bertz CT molecular complexity index is 664. The second kappa shape index (κ2) is 6.71. The largest absolute Gasteiger partial charge is 0.480 e. The fourth-order valence-corrected chi connectivity index (χ4v) is 4.50. The van der Waals surface area contributed by atoms with Crippen LogP contribution in [0.4, 0.5) is 0 Å². The van der Waals surface area contributed by atoms with Crippen molar-refractivity contribution in [3.63, 3.8) is 0 Å². The molecule has 1 aromatic heterocycles. The number of sulfonamides is 1. The number of amides is 1. The minimum Gasteiger partial charge on any atom is -0.480 e. The van der Waals surface area contributed by atoms with Crippen molar-refractivity contribution < 1.29 is 23.1 Å². The Morgan fingerprint density at radius 1 is 1.41 bits per heavy atom. The van der Waals surface area contributed by atoms with E-state index in [1.165, 1.54) is 23.5 Å². The SMILES string of the molecule is CC(NC(=O)c1cc(S(=O)(=O)N2CCSCC2)c[nH]1)C(=O)O. The molecule has 1 aliphatic heterocycles. The van der Waals surface area contributed by atoms with E-state index >= 15 is 0 Å². The molecule has 1 aromatic rings. The molecule has 1 unspecified atom stereocenters. The average molecular weight is 347 g/mol. The van der Waals surface area contributed by atoms with Crippen molar-refractivity contribution in [2.24, 2.45) is 0 Å². The Morgan fingerprint density at radius 3 is 2.64 bits per heavy atom. The van der Waals surface area contributed by atoms with Gasteiger partial charge in [0, 0.05) is 30.8 Å². The zero-order chi connectivity index (χ0) is 16.3. The summed E-state index contributed by atoms with van der Waals surface area (Å²) in [6.45, 7) is 2.21. The number of thioether (sulfide) groups is 1. The van der Waals surface area contributed by atoms with Gasteiger partial charge in [0.1, 0.15) is 16.6 Å². The third-order valence-corrected chi connectivity index (χ3v) is 6.05. The number of aromatic amines is 1. The summed E-state index contributed by atoms with van der Waals surface area (Å²) in [4.78, 5) is 25.2. The van der Waals surface area contributed by atoms with Gasteiger partial charge in [-0.1, -0.05) is 0 Å². The number of aromatic nitrogens is 1. The van der Waals surface area contributed by atoms with Gasteiger partial charge >= 0.3 is 5.97 Å². The maximum Gasteiger partial charge on any atom is 0.325 e. The molecule has 0 aromatic carbocycles. The van der Waals surface area contributed by atoms with Crippen LogP contribution in [0.3, 0.4) is 0 Å². The number of nitrogens with zero attached hydrogens (tertiary/aromatic N) is 1. The van der Waals surface area contributed by atoms with Crippen molar-refractivity contribution in [3.8, 4) is 0 Å². The Balaban J connectivity index is 2.13. The highest BCUT2D eigenvalue weighted by molar-refractivity contribution is 7.99. The fourth-order valence-electron chi connectivity index (χ4n) is 1.93. The van der Waals surface area contributed by atoms with Gasteiger partial charge in [-0.05, 0) is 13.0 Å². The van der Waals surface area contributed by atoms with Crippen molar-refractivity contribution in [2.75, 3.05) is 24.6 Å². The highest BCUT2D eigenvalue weighted by Crippen LogP contribution is 2.20. The van der Waals surface area contributed by atoms with Gasteiger partial charge in [-0.3, -0.25) is 9.59 Å². The van der Waals surface area contributed by atoms with Crippen LogP contribution in [0.2, 0.25) is 0 Å². The molecule has 0 saturated carbocycles. The molecule has 8 nitrogen and oxygen atoms in total. The van der Waals surface area contributed by atoms with Gasteiger partial charge in [-0.2, -0.15) is 16.1 Å². The number of rotatable bonds is 5. The quantitative estimate of drug-likeness (QED) is 0.687. The summed E-state index contributed by atoms with van der Waals surface area (Å²) in [6.07, 6.45) is 1.25. The third-order valence-electron chi connectivity index (χ3n) is 3.23. The standard InChI is InChI=1S/C12H17N3O5S2/c1-8(12(17)18)14-11(16)10-6-9(7-13-10)22(19,20)15-2-4-21-5-3-15/h6-8,13H,2-5H2,1H3,(H,14,16)(H,17,18). The van der Waals surface area contributed by atoms with E-state index in [1.807, 2.05) is 0 Å². The zero-order valence-electron chi connectivity index (χ0n) is 11.9. The van der Waals surface area contributed by atoms with Crippen LogP contribution < -0.4 is 5.32 Å². The van der Waals surface area contributed by atoms with Crippen molar-refractivity contribution in [3.05, 3.63) is 18.0 Å². The van der Waals surface area contributed by atoms with E-state index in [-0.39, 0.29) is 10.6 Å². The highest BCUT2D eigenvalue weighted by Gasteiger charge is 2.28. The van der Waals surface area contributed by atoms with Crippen molar-refractivity contribution in [1.29, 1.82) is 0 Å². The van der Waals surface area contributed by atoms with Gasteiger partial charge < -0.3 is 15.4 Å². The number of hydrogen-bond donors (Lipinski definition) is 3. The van der Waals surface area contributed by atoms with E-state index < -0.39 is 27.9 Å². The lowest BCUT2D eigenvalue weighted by molar-refractivity contribution is -0.138. The van der Waals surface area contributed by atoms with Crippen LogP contribution in [0.15, 0.2) is 17.2 Å². The van der Waals surface area contributed by atoms with Crippen molar-refractivity contribution in [2.45, 2.75) is 17.9 Å². The number of carbonyl (C=O) groups is 2. The summed E-state index contributed by atoms with van der Waals surface area (Å²) in [5.74, 6) is -0.343. The molecule has 1 fully saturated rings. The maximum atomic E-state index is 12.4. The molecule has 122 valence electrons. The lowest BCUT2D eigenvalue weighted by atomic mass is 10.3. The number of aliphatic carboxylic acids is 1. The van der Waals surface area contributed by atoms with Crippen molar-refractivity contribution in [1.82, 2.24) is 14.6 Å². The van der Waals surface area contributed by atoms with Crippen LogP contribution >= 0.6 is 11.8 Å². The number of hydrogen-bond acceptors (Lipinski definition) is 5. The average Bonchev–Trinajstić information content (AvgIpc) is 2.98. The molecule has 3 N–H and O–H groups in total. The smallest absolute Gasteiger partial charge is 0.325 e. The summed E-state index contributed by atoms with van der Waals surface area (Å²) in [7, 11) is -3.63. The number of nitrogens with one attached hydrogen (secondary N) is 2. The summed E-state index contributed by atoms with van der Waals surface area (Å²) < 4.78 is 26.2. The zero-order valence-corrected chi connectivity index (χ0v) is 13.5. The molecular weight excluding hydrogens is 330 g/mol. The summed E-state index contributed by atoms with van der Waals surface area (Å²) in [5.41, 5.74) is 0.0121. The van der Waals surface area contributed by atoms with E-state index in [2.05, 4.69) is 10.3 Å². The number of carboxylic acids is 1. The first-order valence-corrected chi connectivity index (χ1v) is 9.22. The van der Waals surface area contributed by atoms with E-state index in [0.29, 0.717) is 13.1 Å². The number of carboxylic acid groups (broad SMARTS) is 1. The monoisotopic (exact) mass is 347 g/mol. The Morgan fingerprint density at radius 2 is 2.05 bits per heavy atom. The molecule has 0 bridgehead atoms. The Kier molecular flexibility index (Phi) is 5.14. The minimum atomic E-state index is -3.63. The second-order valence-electron chi connectivity index (χ2n) is 4.80. The Hall–Kier alpha value is -1.52. The molecule has 2 heterocycles. The lowest BCUT2D eigenvalue weighted by Gasteiger charge is -2.24. The fraction of sp³-hybridized carbons (Fsp3) is 0.500. The molecule has 0 spiro atoms. The second-order valence-corrected chi connectivity index (χ2v) is 7.96.